The third kappa shape index (κ3) is 3.31. The van der Waals surface area contributed by atoms with Crippen LogP contribution in [-0.4, -0.2) is 9.97 Å². The maximum absolute atomic E-state index is 12.4. The number of hydrogen-bond acceptors (Lipinski definition) is 3. The molecule has 1 aromatic carbocycles. The topological polar surface area (TPSA) is 35.0 Å². The fourth-order valence-electron chi connectivity index (χ4n) is 1.18. The third-order valence-corrected chi connectivity index (χ3v) is 2.60. The van der Waals surface area contributed by atoms with E-state index in [0.717, 1.165) is 15.8 Å². The van der Waals surface area contributed by atoms with Crippen LogP contribution < -0.4 is 4.74 Å². The molecule has 0 N–H and O–H groups in total. The summed E-state index contributed by atoms with van der Waals surface area (Å²) in [5.41, 5.74) is -1.03. The van der Waals surface area contributed by atoms with Crippen LogP contribution in [0.2, 0.25) is 0 Å². The van der Waals surface area contributed by atoms with Crippen LogP contribution in [0.25, 0.3) is 0 Å². The van der Waals surface area contributed by atoms with Gasteiger partial charge in [-0.2, -0.15) is 18.2 Å². The molecule has 7 heteroatoms. The molecule has 0 fully saturated rings. The summed E-state index contributed by atoms with van der Waals surface area (Å²) < 4.78 is 43.3. The Kier molecular flexibility index (Phi) is 3.69. The average Bonchev–Trinajstić information content (AvgIpc) is 2.28. The van der Waals surface area contributed by atoms with Crippen molar-refractivity contribution in [3.63, 3.8) is 0 Å². The molecule has 1 aromatic heterocycles. The van der Waals surface area contributed by atoms with E-state index in [-0.39, 0.29) is 6.01 Å². The van der Waals surface area contributed by atoms with Crippen LogP contribution in [-0.2, 0) is 6.18 Å². The minimum absolute atomic E-state index is 0.327. The van der Waals surface area contributed by atoms with E-state index in [9.17, 15) is 13.2 Å². The van der Waals surface area contributed by atoms with Gasteiger partial charge in [-0.05, 0) is 46.9 Å². The summed E-state index contributed by atoms with van der Waals surface area (Å²) in [6.45, 7) is 0. The molecule has 18 heavy (non-hydrogen) atoms. The van der Waals surface area contributed by atoms with Crippen LogP contribution in [0.4, 0.5) is 13.2 Å². The number of nitrogens with zero attached hydrogens (tertiary/aromatic N) is 2. The van der Waals surface area contributed by atoms with Crippen LogP contribution in [0.3, 0.4) is 0 Å². The minimum atomic E-state index is -4.51. The second-order valence-electron chi connectivity index (χ2n) is 3.28. The number of alkyl halides is 3. The van der Waals surface area contributed by atoms with E-state index in [4.69, 9.17) is 4.74 Å². The average molecular weight is 366 g/mol. The second-order valence-corrected chi connectivity index (χ2v) is 4.53. The SMILES string of the molecule is FC(F)(F)c1ccnc(Oc2cccc(I)c2)n1. The first-order valence-electron chi connectivity index (χ1n) is 4.79. The minimum Gasteiger partial charge on any atom is -0.424 e. The lowest BCUT2D eigenvalue weighted by Crippen LogP contribution is -2.08. The van der Waals surface area contributed by atoms with Crippen molar-refractivity contribution in [2.45, 2.75) is 6.18 Å². The monoisotopic (exact) mass is 366 g/mol. The molecular formula is C11H6F3IN2O. The van der Waals surface area contributed by atoms with Crippen LogP contribution in [0, 0.1) is 3.57 Å². The molecule has 0 saturated carbocycles. The first-order valence-corrected chi connectivity index (χ1v) is 5.87. The van der Waals surface area contributed by atoms with Gasteiger partial charge in [0.15, 0.2) is 5.69 Å². The molecule has 1 heterocycles. The van der Waals surface area contributed by atoms with E-state index in [1.54, 1.807) is 18.2 Å². The molecule has 0 aliphatic carbocycles. The number of rotatable bonds is 2. The first-order chi connectivity index (χ1) is 8.45. The van der Waals surface area contributed by atoms with E-state index in [0.29, 0.717) is 5.75 Å². The van der Waals surface area contributed by atoms with E-state index in [1.807, 2.05) is 6.07 Å². The van der Waals surface area contributed by atoms with Gasteiger partial charge in [0.2, 0.25) is 0 Å². The normalized spacial score (nSPS) is 11.3. The molecule has 0 amide bonds. The highest BCUT2D eigenvalue weighted by Gasteiger charge is 2.33. The van der Waals surface area contributed by atoms with Crippen molar-refractivity contribution in [2.24, 2.45) is 0 Å². The van der Waals surface area contributed by atoms with Gasteiger partial charge in [-0.15, -0.1) is 0 Å². The summed E-state index contributed by atoms with van der Waals surface area (Å²) in [7, 11) is 0. The molecule has 0 spiro atoms. The van der Waals surface area contributed by atoms with Crippen molar-refractivity contribution in [3.8, 4) is 11.8 Å². The maximum Gasteiger partial charge on any atom is 0.433 e. The highest BCUT2D eigenvalue weighted by Crippen LogP contribution is 2.29. The number of hydrogen-bond donors (Lipinski definition) is 0. The van der Waals surface area contributed by atoms with Gasteiger partial charge in [-0.1, -0.05) is 6.07 Å². The summed E-state index contributed by atoms with van der Waals surface area (Å²) in [6, 6.07) is 7.31. The number of benzene rings is 1. The highest BCUT2D eigenvalue weighted by atomic mass is 127. The van der Waals surface area contributed by atoms with Gasteiger partial charge >= 0.3 is 12.2 Å². The van der Waals surface area contributed by atoms with Gasteiger partial charge in [0, 0.05) is 9.77 Å². The molecule has 0 radical (unpaired) electrons. The van der Waals surface area contributed by atoms with Crippen molar-refractivity contribution in [3.05, 3.63) is 45.8 Å². The van der Waals surface area contributed by atoms with Gasteiger partial charge in [0.05, 0.1) is 0 Å². The summed E-state index contributed by atoms with van der Waals surface area (Å²) >= 11 is 2.07. The van der Waals surface area contributed by atoms with Crippen molar-refractivity contribution < 1.29 is 17.9 Å². The van der Waals surface area contributed by atoms with Gasteiger partial charge < -0.3 is 4.74 Å². The van der Waals surface area contributed by atoms with Gasteiger partial charge in [0.25, 0.3) is 0 Å². The standard InChI is InChI=1S/C11H6F3IN2O/c12-11(13,14)9-4-5-16-10(17-9)18-8-3-1-2-7(15)6-8/h1-6H. The third-order valence-electron chi connectivity index (χ3n) is 1.93. The van der Waals surface area contributed by atoms with E-state index in [1.165, 1.54) is 0 Å². The molecule has 2 aromatic rings. The molecule has 3 nitrogen and oxygen atoms in total. The maximum atomic E-state index is 12.4. The van der Waals surface area contributed by atoms with Crippen molar-refractivity contribution in [1.29, 1.82) is 0 Å². The molecule has 2 rings (SSSR count). The van der Waals surface area contributed by atoms with E-state index in [2.05, 4.69) is 32.6 Å². The Morgan fingerprint density at radius 2 is 1.94 bits per heavy atom. The van der Waals surface area contributed by atoms with Gasteiger partial charge in [-0.25, -0.2) is 4.98 Å². The van der Waals surface area contributed by atoms with Crippen molar-refractivity contribution in [1.82, 2.24) is 9.97 Å². The van der Waals surface area contributed by atoms with Crippen LogP contribution in [0.15, 0.2) is 36.5 Å². The summed E-state index contributed by atoms with van der Waals surface area (Å²) in [4.78, 5) is 6.95. The second kappa shape index (κ2) is 5.09. The zero-order valence-corrected chi connectivity index (χ0v) is 10.9. The van der Waals surface area contributed by atoms with Gasteiger partial charge in [-0.3, -0.25) is 0 Å². The first kappa shape index (κ1) is 13.1. The smallest absolute Gasteiger partial charge is 0.424 e. The quantitative estimate of drug-likeness (QED) is 0.757. The fourth-order valence-corrected chi connectivity index (χ4v) is 1.70. The highest BCUT2D eigenvalue weighted by molar-refractivity contribution is 14.1. The zero-order valence-electron chi connectivity index (χ0n) is 8.78. The predicted molar refractivity (Wildman–Crippen MR) is 66.3 cm³/mol. The number of halogens is 4. The summed E-state index contributed by atoms with van der Waals surface area (Å²) in [6.07, 6.45) is -3.49. The molecule has 0 aliphatic heterocycles. The van der Waals surface area contributed by atoms with E-state index >= 15 is 0 Å². The lowest BCUT2D eigenvalue weighted by molar-refractivity contribution is -0.141. The Labute approximate surface area is 114 Å². The van der Waals surface area contributed by atoms with Crippen molar-refractivity contribution >= 4 is 22.6 Å². The Morgan fingerprint density at radius 3 is 2.61 bits per heavy atom. The predicted octanol–water partition coefficient (Wildman–Crippen LogP) is 3.89. The van der Waals surface area contributed by atoms with Gasteiger partial charge in [0.1, 0.15) is 5.75 Å². The van der Waals surface area contributed by atoms with Crippen molar-refractivity contribution in [2.75, 3.05) is 0 Å². The summed E-state index contributed by atoms with van der Waals surface area (Å²) in [5, 5.41) is 0. The Bertz CT molecular complexity index is 560. The summed E-state index contributed by atoms with van der Waals surface area (Å²) in [5.74, 6) is 0.390. The molecule has 0 atom stereocenters. The lowest BCUT2D eigenvalue weighted by Gasteiger charge is -2.07. The molecule has 0 aliphatic rings. The van der Waals surface area contributed by atoms with Crippen LogP contribution in [0.5, 0.6) is 11.8 Å². The molecule has 94 valence electrons. The molecule has 0 saturated heterocycles. The molecule has 0 unspecified atom stereocenters. The Balaban J connectivity index is 2.25. The fraction of sp³-hybridized carbons (Fsp3) is 0.0909. The molecular weight excluding hydrogens is 360 g/mol. The number of ether oxygens (including phenoxy) is 1. The lowest BCUT2D eigenvalue weighted by atomic mass is 10.3. The zero-order chi connectivity index (χ0) is 13.2. The van der Waals surface area contributed by atoms with E-state index < -0.39 is 11.9 Å². The number of aromatic nitrogens is 2. The Morgan fingerprint density at radius 1 is 1.17 bits per heavy atom. The molecule has 0 bridgehead atoms. The van der Waals surface area contributed by atoms with Crippen LogP contribution >= 0.6 is 22.6 Å². The Hall–Kier alpha value is -1.38. The van der Waals surface area contributed by atoms with Crippen LogP contribution in [0.1, 0.15) is 5.69 Å². The largest absolute Gasteiger partial charge is 0.433 e.